The molecule has 1 aliphatic heterocycles. The van der Waals surface area contributed by atoms with E-state index >= 15 is 0 Å². The zero-order valence-electron chi connectivity index (χ0n) is 28.8. The van der Waals surface area contributed by atoms with E-state index in [1.807, 2.05) is 50.2 Å². The second-order valence-corrected chi connectivity index (χ2v) is 14.7. The highest BCUT2D eigenvalue weighted by atomic mass is 16.3. The van der Waals surface area contributed by atoms with E-state index in [2.05, 4.69) is 45.8 Å². The van der Waals surface area contributed by atoms with Gasteiger partial charge in [-0.1, -0.05) is 64.1 Å². The van der Waals surface area contributed by atoms with Gasteiger partial charge in [0.05, 0.1) is 12.0 Å². The molecule has 0 unspecified atom stereocenters. The maximum Gasteiger partial charge on any atom is 0.242 e. The number of nitrogens with one attached hydrogen (secondary N) is 3. The average molecular weight is 660 g/mol. The zero-order chi connectivity index (χ0) is 34.6. The minimum Gasteiger partial charge on any atom is -0.508 e. The molecule has 2 aromatic carbocycles. The molecule has 2 aliphatic carbocycles. The molecule has 0 spiro atoms. The van der Waals surface area contributed by atoms with Gasteiger partial charge < -0.3 is 32.5 Å². The topological polar surface area (TPSA) is 175 Å². The number of carbonyl (C=O) groups is 3. The molecule has 0 aromatic heterocycles. The highest BCUT2D eigenvalue weighted by Gasteiger charge is 2.62. The summed E-state index contributed by atoms with van der Waals surface area (Å²) in [5.74, 6) is 0.181. The summed E-state index contributed by atoms with van der Waals surface area (Å²) in [6.45, 7) is 10.9. The van der Waals surface area contributed by atoms with Gasteiger partial charge in [-0.3, -0.25) is 24.3 Å². The molecule has 48 heavy (non-hydrogen) atoms. The van der Waals surface area contributed by atoms with Crippen LogP contribution in [0, 0.1) is 17.8 Å². The van der Waals surface area contributed by atoms with Crippen LogP contribution in [0.25, 0.3) is 0 Å². The highest BCUT2D eigenvalue weighted by Crippen LogP contribution is 2.56. The fourth-order valence-corrected chi connectivity index (χ4v) is 8.14. The number of nitrogens with two attached hydrogens (primary N) is 2. The Morgan fingerprint density at radius 3 is 2.56 bits per heavy atom. The van der Waals surface area contributed by atoms with Crippen LogP contribution in [-0.4, -0.2) is 78.5 Å². The molecule has 1 heterocycles. The Morgan fingerprint density at radius 1 is 1.10 bits per heavy atom. The van der Waals surface area contributed by atoms with E-state index in [-0.39, 0.29) is 41.6 Å². The maximum absolute atomic E-state index is 14.0. The predicted octanol–water partition coefficient (Wildman–Crippen LogP) is 2.30. The van der Waals surface area contributed by atoms with Crippen LogP contribution in [0.4, 0.5) is 0 Å². The Bertz CT molecular complexity index is 1510. The molecule has 5 rings (SSSR count). The Labute approximate surface area is 284 Å². The van der Waals surface area contributed by atoms with Gasteiger partial charge in [-0.25, -0.2) is 0 Å². The van der Waals surface area contributed by atoms with Crippen molar-refractivity contribution in [2.75, 3.05) is 32.7 Å². The number of likely N-dealkylation sites (tertiary alicyclic amines) is 1. The van der Waals surface area contributed by atoms with Crippen LogP contribution in [-0.2, 0) is 31.6 Å². The van der Waals surface area contributed by atoms with Crippen molar-refractivity contribution in [1.82, 2.24) is 20.9 Å². The number of piperidine rings is 1. The molecule has 11 nitrogen and oxygen atoms in total. The van der Waals surface area contributed by atoms with Crippen molar-refractivity contribution in [3.63, 3.8) is 0 Å². The van der Waals surface area contributed by atoms with Crippen LogP contribution < -0.4 is 27.4 Å². The van der Waals surface area contributed by atoms with Crippen LogP contribution in [0.2, 0.25) is 0 Å². The minimum atomic E-state index is -0.717. The Hall–Kier alpha value is -4.12. The first-order valence-corrected chi connectivity index (χ1v) is 17.4. The van der Waals surface area contributed by atoms with Gasteiger partial charge in [-0.05, 0) is 90.6 Å². The third kappa shape index (κ3) is 7.46. The number of fused-ring (bicyclic) bond motifs is 4. The lowest BCUT2D eigenvalue weighted by Crippen LogP contribution is -2.58. The number of amides is 3. The first kappa shape index (κ1) is 35.2. The number of guanidine groups is 1. The molecule has 2 aromatic rings. The number of hydrogen-bond donors (Lipinski definition) is 6. The van der Waals surface area contributed by atoms with Gasteiger partial charge in [0.1, 0.15) is 11.8 Å². The fraction of sp³-hybridized carbons (Fsp3) is 0.568. The van der Waals surface area contributed by atoms with Gasteiger partial charge >= 0.3 is 0 Å². The fourth-order valence-electron chi connectivity index (χ4n) is 8.14. The van der Waals surface area contributed by atoms with E-state index in [4.69, 9.17) is 11.5 Å². The second kappa shape index (κ2) is 14.6. The van der Waals surface area contributed by atoms with Crippen LogP contribution in [0.5, 0.6) is 5.75 Å². The lowest BCUT2D eigenvalue weighted by atomic mass is 9.59. The maximum atomic E-state index is 14.0. The third-order valence-corrected chi connectivity index (χ3v) is 11.1. The Balaban J connectivity index is 1.22. The standard InChI is InChI=1S/C37H53N7O4/c1-23(2)17-30(33(47)40-14-8-15-41-35(38)39)43-32(46)21-42-34(48)37(26-9-6-5-7-10-26)20-27(37)22-44-16-13-36(4)24(3)31(44)18-25-11-12-28(45)19-29(25)36/h5-7,9-12,19,23-24,27,30-31,45H,8,13-18,20-22H2,1-4H3,(H,40,47)(H,42,48)(H,43,46)(H4,38,39,41)/t24-,27-,30+,31-,36-,37+/m1/s1. The van der Waals surface area contributed by atoms with E-state index in [1.54, 1.807) is 6.07 Å². The predicted molar refractivity (Wildman–Crippen MR) is 187 cm³/mol. The molecule has 2 bridgehead atoms. The van der Waals surface area contributed by atoms with Gasteiger partial charge in [0, 0.05) is 25.7 Å². The van der Waals surface area contributed by atoms with Crippen LogP contribution in [0.3, 0.4) is 0 Å². The summed E-state index contributed by atoms with van der Waals surface area (Å²) < 4.78 is 0. The number of benzene rings is 2. The second-order valence-electron chi connectivity index (χ2n) is 14.7. The third-order valence-electron chi connectivity index (χ3n) is 11.1. The van der Waals surface area contributed by atoms with E-state index < -0.39 is 17.4 Å². The molecule has 3 amide bonds. The molecule has 1 saturated carbocycles. The molecular formula is C37H53N7O4. The van der Waals surface area contributed by atoms with Crippen LogP contribution in [0.1, 0.15) is 70.1 Å². The number of carbonyl (C=O) groups excluding carboxylic acids is 3. The molecular weight excluding hydrogens is 606 g/mol. The summed E-state index contributed by atoms with van der Waals surface area (Å²) in [4.78, 5) is 46.5. The van der Waals surface area contributed by atoms with Crippen molar-refractivity contribution in [2.45, 2.75) is 82.7 Å². The quantitative estimate of drug-likeness (QED) is 0.102. The van der Waals surface area contributed by atoms with Gasteiger partial charge in [-0.2, -0.15) is 0 Å². The first-order valence-electron chi connectivity index (χ1n) is 17.4. The highest BCUT2D eigenvalue weighted by molar-refractivity contribution is 5.95. The summed E-state index contributed by atoms with van der Waals surface area (Å²) in [7, 11) is 0. The molecule has 1 saturated heterocycles. The van der Waals surface area contributed by atoms with E-state index in [1.165, 1.54) is 11.1 Å². The Kier molecular flexibility index (Phi) is 10.7. The lowest BCUT2D eigenvalue weighted by molar-refractivity contribution is -0.130. The number of phenols is 1. The van der Waals surface area contributed by atoms with E-state index in [9.17, 15) is 19.5 Å². The summed E-state index contributed by atoms with van der Waals surface area (Å²) in [5.41, 5.74) is 13.5. The number of rotatable bonds is 14. The van der Waals surface area contributed by atoms with Gasteiger partial charge in [0.2, 0.25) is 17.7 Å². The number of aromatic hydroxyl groups is 1. The van der Waals surface area contributed by atoms with E-state index in [0.29, 0.717) is 50.1 Å². The van der Waals surface area contributed by atoms with Crippen molar-refractivity contribution in [3.8, 4) is 5.75 Å². The number of phenolic OH excluding ortho intramolecular Hbond substituents is 1. The monoisotopic (exact) mass is 659 g/mol. The molecule has 3 aliphatic rings. The van der Waals surface area contributed by atoms with Crippen molar-refractivity contribution in [3.05, 3.63) is 65.2 Å². The normalized spacial score (nSPS) is 26.6. The molecule has 8 N–H and O–H groups in total. The molecule has 2 fully saturated rings. The van der Waals surface area contributed by atoms with Crippen molar-refractivity contribution >= 4 is 23.7 Å². The zero-order valence-corrected chi connectivity index (χ0v) is 28.8. The molecule has 260 valence electrons. The number of nitrogens with zero attached hydrogens (tertiary/aromatic N) is 2. The summed E-state index contributed by atoms with van der Waals surface area (Å²) in [6.07, 6.45) is 3.65. The number of hydrogen-bond acceptors (Lipinski definition) is 6. The van der Waals surface area contributed by atoms with Crippen molar-refractivity contribution < 1.29 is 19.5 Å². The SMILES string of the molecule is CC(C)C[C@H](NC(=O)CNC(=O)[C@]1(c2ccccc2)C[C@@H]1CN1CC[C@@]2(C)c3cc(O)ccc3C[C@@H]1[C@H]2C)C(=O)NCCCN=C(N)N. The molecule has 6 atom stereocenters. The van der Waals surface area contributed by atoms with E-state index in [0.717, 1.165) is 31.5 Å². The molecule has 11 heteroatoms. The van der Waals surface area contributed by atoms with Gasteiger partial charge in [0.25, 0.3) is 0 Å². The Morgan fingerprint density at radius 2 is 1.85 bits per heavy atom. The average Bonchev–Trinajstić information content (AvgIpc) is 3.77. The van der Waals surface area contributed by atoms with Crippen molar-refractivity contribution in [1.29, 1.82) is 0 Å². The first-order chi connectivity index (χ1) is 22.8. The van der Waals surface area contributed by atoms with Crippen molar-refractivity contribution in [2.24, 2.45) is 34.2 Å². The van der Waals surface area contributed by atoms with Crippen LogP contribution >= 0.6 is 0 Å². The largest absolute Gasteiger partial charge is 0.508 e. The summed E-state index contributed by atoms with van der Waals surface area (Å²) in [6, 6.07) is 15.3. The smallest absolute Gasteiger partial charge is 0.242 e. The minimum absolute atomic E-state index is 0.00376. The lowest BCUT2D eigenvalue weighted by Gasteiger charge is -2.55. The summed E-state index contributed by atoms with van der Waals surface area (Å²) in [5, 5.41) is 18.8. The summed E-state index contributed by atoms with van der Waals surface area (Å²) >= 11 is 0. The van der Waals surface area contributed by atoms with Gasteiger partial charge in [0.15, 0.2) is 5.96 Å². The van der Waals surface area contributed by atoms with Crippen LogP contribution in [0.15, 0.2) is 53.5 Å². The molecule has 0 radical (unpaired) electrons. The van der Waals surface area contributed by atoms with Gasteiger partial charge in [-0.15, -0.1) is 0 Å². The number of aliphatic imine (C=N–C) groups is 1.